The number of ether oxygens (including phenoxy) is 2. The molecule has 2 aliphatic heterocycles. The molecule has 2 aliphatic rings. The molecule has 0 amide bonds. The van der Waals surface area contributed by atoms with Crippen LogP contribution in [0.15, 0.2) is 71.9 Å². The van der Waals surface area contributed by atoms with E-state index >= 15 is 0 Å². The highest BCUT2D eigenvalue weighted by Gasteiger charge is 2.24. The van der Waals surface area contributed by atoms with E-state index in [1.54, 1.807) is 42.7 Å². The first kappa shape index (κ1) is 29.1. The third-order valence-corrected chi connectivity index (χ3v) is 9.64. The van der Waals surface area contributed by atoms with Gasteiger partial charge in [0.15, 0.2) is 5.65 Å². The molecule has 0 atom stereocenters. The average molecular weight is 598 g/mol. The minimum atomic E-state index is -3.93. The third-order valence-electron chi connectivity index (χ3n) is 7.98. The van der Waals surface area contributed by atoms with E-state index < -0.39 is 10.0 Å². The first-order valence-electron chi connectivity index (χ1n) is 14.6. The predicted molar refractivity (Wildman–Crippen MR) is 166 cm³/mol. The second-order valence-corrected chi connectivity index (χ2v) is 12.8. The number of piperidine rings is 1. The predicted octanol–water partition coefficient (Wildman–Crippen LogP) is 4.60. The summed E-state index contributed by atoms with van der Waals surface area (Å²) in [5, 5.41) is 14.0. The molecule has 6 rings (SSSR count). The van der Waals surface area contributed by atoms with Crippen molar-refractivity contribution in [1.82, 2.24) is 19.2 Å². The van der Waals surface area contributed by atoms with Crippen LogP contribution in [-0.2, 0) is 14.8 Å². The van der Waals surface area contributed by atoms with Gasteiger partial charge >= 0.3 is 0 Å². The fourth-order valence-corrected chi connectivity index (χ4v) is 6.85. The maximum Gasteiger partial charge on any atom is 0.269 e. The van der Waals surface area contributed by atoms with Gasteiger partial charge in [0.1, 0.15) is 17.9 Å². The summed E-state index contributed by atoms with van der Waals surface area (Å²) in [5.41, 5.74) is 3.96. The summed E-state index contributed by atoms with van der Waals surface area (Å²) in [4.78, 5) is 7.14. The van der Waals surface area contributed by atoms with E-state index in [0.29, 0.717) is 33.5 Å². The normalized spacial score (nSPS) is 16.9. The highest BCUT2D eigenvalue weighted by molar-refractivity contribution is 7.90. The second kappa shape index (κ2) is 12.7. The van der Waals surface area contributed by atoms with E-state index in [0.717, 1.165) is 69.9 Å². The van der Waals surface area contributed by atoms with Crippen molar-refractivity contribution in [1.29, 1.82) is 5.26 Å². The van der Waals surface area contributed by atoms with Crippen LogP contribution < -0.4 is 10.1 Å². The van der Waals surface area contributed by atoms with Crippen LogP contribution in [-0.4, -0.2) is 74.3 Å². The highest BCUT2D eigenvalue weighted by Crippen LogP contribution is 2.35. The molecule has 9 nitrogen and oxygen atoms in total. The lowest BCUT2D eigenvalue weighted by Gasteiger charge is -2.25. The fraction of sp³-hybridized carbons (Fsp3) is 0.333. The number of pyridine rings is 1. The number of aromatic nitrogens is 2. The van der Waals surface area contributed by atoms with Crippen LogP contribution >= 0.6 is 0 Å². The lowest BCUT2D eigenvalue weighted by atomic mass is 10.0. The van der Waals surface area contributed by atoms with Gasteiger partial charge in [0.05, 0.1) is 23.7 Å². The summed E-state index contributed by atoms with van der Waals surface area (Å²) in [6.07, 6.45) is 9.21. The topological polar surface area (TPSA) is 109 Å². The molecule has 43 heavy (non-hydrogen) atoms. The molecular weight excluding hydrogens is 562 g/mol. The Bertz CT molecular complexity index is 1780. The maximum atomic E-state index is 13.9. The van der Waals surface area contributed by atoms with Gasteiger partial charge in [0.2, 0.25) is 0 Å². The number of hydrogen-bond donors (Lipinski definition) is 1. The molecule has 0 aliphatic carbocycles. The molecular formula is C33H35N5O4S. The standard InChI is InChI=1S/C33H35N5O4S/c1-24-4-7-29(8-5-24)43(39,40)38-23-31(26-6-9-32(27(20-26)21-34)42-28-10-12-35-13-11-28)30-19-25(22-36-33(30)38)3-2-14-37-15-17-41-18-16-37/h2-9,19-20,22-23,28,35H,10-18H2,1H3/b3-2+. The number of morpholine rings is 1. The Morgan fingerprint density at radius 3 is 2.63 bits per heavy atom. The van der Waals surface area contributed by atoms with Crippen molar-refractivity contribution < 1.29 is 17.9 Å². The molecule has 0 bridgehead atoms. The zero-order valence-electron chi connectivity index (χ0n) is 24.2. The number of aryl methyl sites for hydroxylation is 1. The Balaban J connectivity index is 1.40. The van der Waals surface area contributed by atoms with Gasteiger partial charge < -0.3 is 14.8 Å². The van der Waals surface area contributed by atoms with Gasteiger partial charge in [-0.2, -0.15) is 5.26 Å². The van der Waals surface area contributed by atoms with Crippen LogP contribution in [0.5, 0.6) is 5.75 Å². The van der Waals surface area contributed by atoms with Gasteiger partial charge in [-0.25, -0.2) is 17.4 Å². The summed E-state index contributed by atoms with van der Waals surface area (Å²) in [7, 11) is -3.93. The van der Waals surface area contributed by atoms with Crippen molar-refractivity contribution in [3.05, 3.63) is 83.7 Å². The van der Waals surface area contributed by atoms with Crippen molar-refractivity contribution in [2.45, 2.75) is 30.8 Å². The Morgan fingerprint density at radius 1 is 1.12 bits per heavy atom. The number of rotatable bonds is 8. The Kier molecular flexibility index (Phi) is 8.58. The van der Waals surface area contributed by atoms with Crippen LogP contribution in [0.3, 0.4) is 0 Å². The van der Waals surface area contributed by atoms with Gasteiger partial charge in [-0.05, 0) is 74.3 Å². The first-order valence-corrected chi connectivity index (χ1v) is 16.1. The molecule has 2 fully saturated rings. The quantitative estimate of drug-likeness (QED) is 0.314. The van der Waals surface area contributed by atoms with E-state index in [4.69, 9.17) is 9.47 Å². The fourth-order valence-electron chi connectivity index (χ4n) is 5.53. The molecule has 0 saturated carbocycles. The first-order chi connectivity index (χ1) is 20.9. The highest BCUT2D eigenvalue weighted by atomic mass is 32.2. The van der Waals surface area contributed by atoms with Crippen molar-refractivity contribution in [3.63, 3.8) is 0 Å². The molecule has 0 spiro atoms. The lowest BCUT2D eigenvalue weighted by molar-refractivity contribution is 0.0435. The van der Waals surface area contributed by atoms with Gasteiger partial charge in [-0.15, -0.1) is 0 Å². The maximum absolute atomic E-state index is 13.9. The summed E-state index contributed by atoms with van der Waals surface area (Å²) >= 11 is 0. The minimum Gasteiger partial charge on any atom is -0.489 e. The molecule has 0 unspecified atom stereocenters. The molecule has 2 aromatic carbocycles. The molecule has 0 radical (unpaired) electrons. The summed E-state index contributed by atoms with van der Waals surface area (Å²) in [6, 6.07) is 16.5. The van der Waals surface area contributed by atoms with E-state index in [1.165, 1.54) is 3.97 Å². The van der Waals surface area contributed by atoms with E-state index in [-0.39, 0.29) is 11.0 Å². The zero-order valence-corrected chi connectivity index (χ0v) is 25.0. The van der Waals surface area contributed by atoms with E-state index in [1.807, 2.05) is 31.2 Å². The smallest absolute Gasteiger partial charge is 0.269 e. The molecule has 4 heterocycles. The zero-order chi connectivity index (χ0) is 29.8. The SMILES string of the molecule is Cc1ccc(S(=O)(=O)n2cc(-c3ccc(OC4CCNCC4)c(C#N)c3)c3cc(/C=C/CN4CCOCC4)cnc32)cc1. The molecule has 2 saturated heterocycles. The summed E-state index contributed by atoms with van der Waals surface area (Å²) in [5.74, 6) is 0.541. The van der Waals surface area contributed by atoms with Crippen LogP contribution in [0.4, 0.5) is 0 Å². The van der Waals surface area contributed by atoms with Gasteiger partial charge in [0, 0.05) is 43.0 Å². The summed E-state index contributed by atoms with van der Waals surface area (Å²) in [6.45, 7) is 7.74. The van der Waals surface area contributed by atoms with Gasteiger partial charge in [0.25, 0.3) is 10.0 Å². The Labute approximate surface area is 252 Å². The van der Waals surface area contributed by atoms with Crippen molar-refractivity contribution in [3.8, 4) is 22.9 Å². The van der Waals surface area contributed by atoms with Crippen molar-refractivity contribution in [2.75, 3.05) is 45.9 Å². The van der Waals surface area contributed by atoms with E-state index in [2.05, 4.69) is 27.3 Å². The Hall–Kier alpha value is -4.01. The summed E-state index contributed by atoms with van der Waals surface area (Å²) < 4.78 is 40.6. The molecule has 1 N–H and O–H groups in total. The molecule has 2 aromatic heterocycles. The average Bonchev–Trinajstić information content (AvgIpc) is 3.42. The molecule has 222 valence electrons. The van der Waals surface area contributed by atoms with Crippen molar-refractivity contribution in [2.24, 2.45) is 0 Å². The number of hydrogen-bond acceptors (Lipinski definition) is 8. The largest absolute Gasteiger partial charge is 0.489 e. The Morgan fingerprint density at radius 2 is 1.88 bits per heavy atom. The third kappa shape index (κ3) is 6.36. The molecule has 4 aromatic rings. The monoisotopic (exact) mass is 597 g/mol. The minimum absolute atomic E-state index is 0.0526. The van der Waals surface area contributed by atoms with Crippen LogP contribution in [0.25, 0.3) is 28.2 Å². The van der Waals surface area contributed by atoms with Crippen LogP contribution in [0.2, 0.25) is 0 Å². The van der Waals surface area contributed by atoms with Crippen LogP contribution in [0, 0.1) is 18.3 Å². The van der Waals surface area contributed by atoms with Crippen LogP contribution in [0.1, 0.15) is 29.5 Å². The number of fused-ring (bicyclic) bond motifs is 1. The number of nitrogens with one attached hydrogen (secondary N) is 1. The van der Waals surface area contributed by atoms with Gasteiger partial charge in [-0.1, -0.05) is 35.9 Å². The lowest BCUT2D eigenvalue weighted by Crippen LogP contribution is -2.36. The second-order valence-electron chi connectivity index (χ2n) is 11.0. The van der Waals surface area contributed by atoms with Crippen molar-refractivity contribution >= 4 is 27.1 Å². The number of nitrogens with zero attached hydrogens (tertiary/aromatic N) is 4. The van der Waals surface area contributed by atoms with E-state index in [9.17, 15) is 13.7 Å². The number of benzene rings is 2. The van der Waals surface area contributed by atoms with Gasteiger partial charge in [-0.3, -0.25) is 4.90 Å². The number of nitriles is 1. The molecule has 10 heteroatoms.